The van der Waals surface area contributed by atoms with Crippen LogP contribution in [0.4, 0.5) is 0 Å². The van der Waals surface area contributed by atoms with Gasteiger partial charge in [-0.1, -0.05) is 38.1 Å². The van der Waals surface area contributed by atoms with Gasteiger partial charge in [-0.2, -0.15) is 0 Å². The van der Waals surface area contributed by atoms with Crippen molar-refractivity contribution >= 4 is 17.4 Å². The Morgan fingerprint density at radius 2 is 2.10 bits per heavy atom. The molecule has 2 N–H and O–H groups in total. The average molecular weight is 297 g/mol. The number of aromatic nitrogens is 2. The highest BCUT2D eigenvalue weighted by molar-refractivity contribution is 7.08. The van der Waals surface area contributed by atoms with Gasteiger partial charge in [-0.05, 0) is 24.4 Å². The fourth-order valence-electron chi connectivity index (χ4n) is 2.56. The van der Waals surface area contributed by atoms with Gasteiger partial charge in [0.15, 0.2) is 0 Å². The molecule has 2 rings (SSSR count). The summed E-state index contributed by atoms with van der Waals surface area (Å²) in [4.78, 5) is 12.8. The summed E-state index contributed by atoms with van der Waals surface area (Å²) < 4.78 is 3.90. The second kappa shape index (κ2) is 6.18. The van der Waals surface area contributed by atoms with Gasteiger partial charge in [0, 0.05) is 17.9 Å². The summed E-state index contributed by atoms with van der Waals surface area (Å²) in [6.45, 7) is 6.59. The van der Waals surface area contributed by atoms with Crippen LogP contribution in [0.5, 0.6) is 0 Å². The molecular weight excluding hydrogens is 274 g/mol. The molecule has 0 spiro atoms. The molecule has 0 aromatic carbocycles. The second-order valence-corrected chi connectivity index (χ2v) is 7.28. The lowest BCUT2D eigenvalue weighted by Gasteiger charge is -2.27. The van der Waals surface area contributed by atoms with E-state index in [0.29, 0.717) is 11.4 Å². The number of aliphatic hydroxyl groups is 1. The molecule has 1 aromatic rings. The van der Waals surface area contributed by atoms with Crippen LogP contribution < -0.4 is 5.32 Å². The highest BCUT2D eigenvalue weighted by Crippen LogP contribution is 2.26. The van der Waals surface area contributed by atoms with Crippen LogP contribution in [0, 0.1) is 5.92 Å². The molecule has 1 aromatic heterocycles. The van der Waals surface area contributed by atoms with Gasteiger partial charge < -0.3 is 10.4 Å². The Kier molecular flexibility index (Phi) is 4.75. The smallest absolute Gasteiger partial charge is 0.264 e. The number of carbonyl (C=O) groups is 1. The molecule has 5 nitrogen and oxygen atoms in total. The summed E-state index contributed by atoms with van der Waals surface area (Å²) in [5.41, 5.74) is 0.550. The monoisotopic (exact) mass is 297 g/mol. The average Bonchev–Trinajstić information content (AvgIpc) is 2.86. The zero-order valence-corrected chi connectivity index (χ0v) is 13.2. The Hall–Kier alpha value is -1.01. The third-order valence-electron chi connectivity index (χ3n) is 3.80. The number of hydrogen-bond donors (Lipinski definition) is 2. The first kappa shape index (κ1) is 15.4. The van der Waals surface area contributed by atoms with Crippen LogP contribution in [-0.2, 0) is 5.41 Å². The van der Waals surface area contributed by atoms with Crippen LogP contribution >= 0.6 is 11.5 Å². The summed E-state index contributed by atoms with van der Waals surface area (Å²) in [6, 6.07) is 0. The molecule has 0 bridgehead atoms. The Morgan fingerprint density at radius 3 is 2.75 bits per heavy atom. The molecule has 1 amide bonds. The number of amides is 1. The van der Waals surface area contributed by atoms with Crippen molar-refractivity contribution in [3.8, 4) is 0 Å². The molecule has 2 atom stereocenters. The summed E-state index contributed by atoms with van der Waals surface area (Å²) in [5, 5.41) is 16.9. The number of nitrogens with zero attached hydrogens (tertiary/aromatic N) is 2. The molecule has 20 heavy (non-hydrogen) atoms. The third-order valence-corrected chi connectivity index (χ3v) is 4.52. The molecule has 1 fully saturated rings. The van der Waals surface area contributed by atoms with E-state index in [1.807, 2.05) is 20.8 Å². The normalized spacial score (nSPS) is 23.6. The second-order valence-electron chi connectivity index (χ2n) is 6.52. The van der Waals surface area contributed by atoms with E-state index in [2.05, 4.69) is 14.9 Å². The minimum atomic E-state index is -0.286. The fourth-order valence-corrected chi connectivity index (χ4v) is 3.35. The number of rotatable bonds is 3. The fraction of sp³-hybridized carbons (Fsp3) is 0.786. The minimum absolute atomic E-state index is 0.123. The lowest BCUT2D eigenvalue weighted by atomic mass is 9.86. The van der Waals surface area contributed by atoms with Crippen LogP contribution in [0.2, 0.25) is 0 Å². The number of carbonyl (C=O) groups excluding carboxylic acids is 1. The Morgan fingerprint density at radius 1 is 1.40 bits per heavy atom. The molecule has 1 aliphatic carbocycles. The van der Waals surface area contributed by atoms with Crippen LogP contribution in [0.25, 0.3) is 0 Å². The van der Waals surface area contributed by atoms with Crippen LogP contribution in [-0.4, -0.2) is 33.2 Å². The van der Waals surface area contributed by atoms with Gasteiger partial charge in [0.2, 0.25) is 0 Å². The van der Waals surface area contributed by atoms with Crippen molar-refractivity contribution in [1.82, 2.24) is 14.9 Å². The summed E-state index contributed by atoms with van der Waals surface area (Å²) in [6.07, 6.45) is 3.75. The quantitative estimate of drug-likeness (QED) is 0.896. The zero-order valence-electron chi connectivity index (χ0n) is 12.3. The van der Waals surface area contributed by atoms with Gasteiger partial charge in [-0.25, -0.2) is 0 Å². The Labute approximate surface area is 123 Å². The van der Waals surface area contributed by atoms with Crippen molar-refractivity contribution in [2.24, 2.45) is 5.92 Å². The number of aliphatic hydroxyl groups excluding tert-OH is 1. The lowest BCUT2D eigenvalue weighted by Crippen LogP contribution is -2.37. The first-order valence-electron chi connectivity index (χ1n) is 7.18. The van der Waals surface area contributed by atoms with Crippen LogP contribution in [0.1, 0.15) is 61.8 Å². The zero-order chi connectivity index (χ0) is 14.8. The van der Waals surface area contributed by atoms with Crippen molar-refractivity contribution in [3.63, 3.8) is 0 Å². The summed E-state index contributed by atoms with van der Waals surface area (Å²) >= 11 is 1.14. The molecule has 2 unspecified atom stereocenters. The predicted octanol–water partition coefficient (Wildman–Crippen LogP) is 2.12. The molecule has 0 aliphatic heterocycles. The maximum atomic E-state index is 12.3. The molecule has 112 valence electrons. The van der Waals surface area contributed by atoms with Crippen molar-refractivity contribution in [2.75, 3.05) is 6.54 Å². The van der Waals surface area contributed by atoms with E-state index < -0.39 is 0 Å². The number of nitrogens with one attached hydrogen (secondary N) is 1. The first-order chi connectivity index (χ1) is 9.39. The summed E-state index contributed by atoms with van der Waals surface area (Å²) in [5.74, 6) is 0.0503. The standard InChI is InChI=1S/C14H23N3O2S/c1-14(2,3)12-11(20-17-16-12)13(19)15-8-9-6-4-5-7-10(9)18/h9-10,18H,4-8H2,1-3H3,(H,15,19). The maximum absolute atomic E-state index is 12.3. The van der Waals surface area contributed by atoms with E-state index in [9.17, 15) is 9.90 Å². The van der Waals surface area contributed by atoms with Crippen molar-refractivity contribution in [1.29, 1.82) is 0 Å². The molecule has 0 saturated heterocycles. The SMILES string of the molecule is CC(C)(C)c1nnsc1C(=O)NCC1CCCCC1O. The van der Waals surface area contributed by atoms with E-state index in [4.69, 9.17) is 0 Å². The third kappa shape index (κ3) is 3.55. The van der Waals surface area contributed by atoms with Gasteiger partial charge in [0.05, 0.1) is 11.8 Å². The van der Waals surface area contributed by atoms with E-state index >= 15 is 0 Å². The van der Waals surface area contributed by atoms with Crippen LogP contribution in [0.15, 0.2) is 0 Å². The molecule has 1 saturated carbocycles. The van der Waals surface area contributed by atoms with E-state index in [1.54, 1.807) is 0 Å². The molecule has 1 aliphatic rings. The largest absolute Gasteiger partial charge is 0.393 e. The van der Waals surface area contributed by atoms with E-state index in [0.717, 1.165) is 42.9 Å². The van der Waals surface area contributed by atoms with Crippen molar-refractivity contribution in [2.45, 2.75) is 58.0 Å². The topological polar surface area (TPSA) is 75.1 Å². The molecule has 1 heterocycles. The first-order valence-corrected chi connectivity index (χ1v) is 7.96. The van der Waals surface area contributed by atoms with Gasteiger partial charge in [0.1, 0.15) is 4.88 Å². The highest BCUT2D eigenvalue weighted by atomic mass is 32.1. The Bertz CT molecular complexity index is 467. The summed E-state index contributed by atoms with van der Waals surface area (Å²) in [7, 11) is 0. The van der Waals surface area contributed by atoms with Crippen molar-refractivity contribution < 1.29 is 9.90 Å². The highest BCUT2D eigenvalue weighted by Gasteiger charge is 2.28. The van der Waals surface area contributed by atoms with Gasteiger partial charge in [0.25, 0.3) is 5.91 Å². The van der Waals surface area contributed by atoms with Gasteiger partial charge >= 0.3 is 0 Å². The maximum Gasteiger partial charge on any atom is 0.264 e. The number of hydrogen-bond acceptors (Lipinski definition) is 5. The lowest BCUT2D eigenvalue weighted by molar-refractivity contribution is 0.0663. The molecular formula is C14H23N3O2S. The van der Waals surface area contributed by atoms with Crippen molar-refractivity contribution in [3.05, 3.63) is 10.6 Å². The van der Waals surface area contributed by atoms with E-state index in [1.165, 1.54) is 0 Å². The van der Waals surface area contributed by atoms with Gasteiger partial charge in [-0.15, -0.1) is 5.10 Å². The van der Waals surface area contributed by atoms with Gasteiger partial charge in [-0.3, -0.25) is 4.79 Å². The van der Waals surface area contributed by atoms with Crippen LogP contribution in [0.3, 0.4) is 0 Å². The Balaban J connectivity index is 1.97. The minimum Gasteiger partial charge on any atom is -0.393 e. The van der Waals surface area contributed by atoms with E-state index in [-0.39, 0.29) is 23.3 Å². The molecule has 0 radical (unpaired) electrons. The molecule has 6 heteroatoms. The predicted molar refractivity (Wildman–Crippen MR) is 78.9 cm³/mol.